The smallest absolute Gasteiger partial charge is 0.225 e. The van der Waals surface area contributed by atoms with E-state index < -0.39 is 23.1 Å². The maximum absolute atomic E-state index is 14.1. The van der Waals surface area contributed by atoms with Gasteiger partial charge in [-0.25, -0.2) is 18.2 Å². The fourth-order valence-electron chi connectivity index (χ4n) is 2.71. The van der Waals surface area contributed by atoms with E-state index in [0.29, 0.717) is 17.8 Å². The molecule has 3 rings (SSSR count). The quantitative estimate of drug-likeness (QED) is 0.533. The van der Waals surface area contributed by atoms with Gasteiger partial charge in [-0.1, -0.05) is 44.2 Å². The lowest BCUT2D eigenvalue weighted by Crippen LogP contribution is -2.30. The van der Waals surface area contributed by atoms with Gasteiger partial charge in [0.1, 0.15) is 17.3 Å². The molecule has 1 aromatic heterocycles. The van der Waals surface area contributed by atoms with Gasteiger partial charge in [-0.05, 0) is 5.92 Å². The van der Waals surface area contributed by atoms with Crippen molar-refractivity contribution in [3.63, 3.8) is 0 Å². The van der Waals surface area contributed by atoms with Crippen LogP contribution >= 0.6 is 0 Å². The van der Waals surface area contributed by atoms with Crippen LogP contribution in [-0.4, -0.2) is 27.7 Å². The minimum atomic E-state index is -1.08. The van der Waals surface area contributed by atoms with Crippen molar-refractivity contribution in [2.45, 2.75) is 19.9 Å². The highest BCUT2D eigenvalue weighted by atomic mass is 19.1. The van der Waals surface area contributed by atoms with Crippen molar-refractivity contribution in [2.75, 3.05) is 17.2 Å². The molecule has 3 aromatic rings. The van der Waals surface area contributed by atoms with Crippen molar-refractivity contribution in [1.82, 2.24) is 9.97 Å². The molecule has 0 unspecified atom stereocenters. The van der Waals surface area contributed by atoms with Gasteiger partial charge in [0.05, 0.1) is 18.3 Å². The molecular formula is C21H21F3N4O. The summed E-state index contributed by atoms with van der Waals surface area (Å²) >= 11 is 0. The Morgan fingerprint density at radius 2 is 1.62 bits per heavy atom. The van der Waals surface area contributed by atoms with Crippen LogP contribution in [0.5, 0.6) is 0 Å². The molecule has 5 nitrogen and oxygen atoms in total. The first-order chi connectivity index (χ1) is 13.9. The van der Waals surface area contributed by atoms with Gasteiger partial charge in [-0.15, -0.1) is 0 Å². The van der Waals surface area contributed by atoms with E-state index in [1.54, 1.807) is 0 Å². The summed E-state index contributed by atoms with van der Waals surface area (Å²) in [7, 11) is 0. The largest absolute Gasteiger partial charge is 0.394 e. The maximum atomic E-state index is 14.1. The molecule has 3 N–H and O–H groups in total. The SMILES string of the molecule is CC(C)[C@@H](CO)Nc1nc(Nc2c(F)cc(F)cc2F)cc(-c2ccccc2)n1. The summed E-state index contributed by atoms with van der Waals surface area (Å²) in [6.45, 7) is 3.72. The number of benzene rings is 2. The van der Waals surface area contributed by atoms with Crippen molar-refractivity contribution in [1.29, 1.82) is 0 Å². The van der Waals surface area contributed by atoms with Crippen LogP contribution in [0.1, 0.15) is 13.8 Å². The first-order valence-corrected chi connectivity index (χ1v) is 9.11. The van der Waals surface area contributed by atoms with Crippen LogP contribution in [0.3, 0.4) is 0 Å². The Morgan fingerprint density at radius 1 is 0.966 bits per heavy atom. The van der Waals surface area contributed by atoms with Gasteiger partial charge in [0.15, 0.2) is 11.6 Å². The highest BCUT2D eigenvalue weighted by molar-refractivity contribution is 5.67. The van der Waals surface area contributed by atoms with Gasteiger partial charge < -0.3 is 15.7 Å². The van der Waals surface area contributed by atoms with Gasteiger partial charge in [0.25, 0.3) is 0 Å². The van der Waals surface area contributed by atoms with Crippen LogP contribution in [0.2, 0.25) is 0 Å². The zero-order valence-electron chi connectivity index (χ0n) is 16.0. The van der Waals surface area contributed by atoms with Crippen LogP contribution in [0.4, 0.5) is 30.6 Å². The highest BCUT2D eigenvalue weighted by Gasteiger charge is 2.17. The number of aromatic nitrogens is 2. The van der Waals surface area contributed by atoms with E-state index >= 15 is 0 Å². The van der Waals surface area contributed by atoms with Gasteiger partial charge in [-0.3, -0.25) is 0 Å². The standard InChI is InChI=1S/C21H21F3N4O/c1-12(2)18(11-29)26-21-25-17(13-6-4-3-5-7-13)10-19(28-21)27-20-15(23)8-14(22)9-16(20)24/h3-10,12,18,29H,11H2,1-2H3,(H2,25,26,27,28)/t18-/m1/s1. The average Bonchev–Trinajstić information content (AvgIpc) is 2.69. The monoisotopic (exact) mass is 402 g/mol. The number of hydrogen-bond donors (Lipinski definition) is 3. The van der Waals surface area contributed by atoms with Gasteiger partial charge >= 0.3 is 0 Å². The third-order valence-corrected chi connectivity index (χ3v) is 4.37. The van der Waals surface area contributed by atoms with Crippen molar-refractivity contribution in [3.05, 3.63) is 66.0 Å². The predicted octanol–water partition coefficient (Wildman–Crippen LogP) is 4.73. The number of nitrogens with zero attached hydrogens (tertiary/aromatic N) is 2. The normalized spacial score (nSPS) is 12.1. The molecular weight excluding hydrogens is 381 g/mol. The third kappa shape index (κ3) is 5.03. The fraction of sp³-hybridized carbons (Fsp3) is 0.238. The van der Waals surface area contributed by atoms with Crippen LogP contribution in [0.25, 0.3) is 11.3 Å². The third-order valence-electron chi connectivity index (χ3n) is 4.37. The van der Waals surface area contributed by atoms with E-state index in [2.05, 4.69) is 20.6 Å². The van der Waals surface area contributed by atoms with Gasteiger partial charge in [0.2, 0.25) is 5.95 Å². The number of rotatable bonds is 7. The van der Waals surface area contributed by atoms with E-state index in [-0.39, 0.29) is 30.3 Å². The Kier molecular flexibility index (Phi) is 6.33. The van der Waals surface area contributed by atoms with Crippen molar-refractivity contribution < 1.29 is 18.3 Å². The summed E-state index contributed by atoms with van der Waals surface area (Å²) in [4.78, 5) is 8.71. The Morgan fingerprint density at radius 3 is 2.21 bits per heavy atom. The number of aliphatic hydroxyl groups is 1. The predicted molar refractivity (Wildman–Crippen MR) is 106 cm³/mol. The highest BCUT2D eigenvalue weighted by Crippen LogP contribution is 2.27. The van der Waals surface area contributed by atoms with Crippen LogP contribution in [0, 0.1) is 23.4 Å². The molecule has 0 spiro atoms. The second-order valence-electron chi connectivity index (χ2n) is 6.87. The molecule has 0 radical (unpaired) electrons. The molecule has 8 heteroatoms. The van der Waals surface area contributed by atoms with Crippen LogP contribution < -0.4 is 10.6 Å². The molecule has 0 aliphatic rings. The molecule has 0 aliphatic heterocycles. The zero-order chi connectivity index (χ0) is 21.0. The molecule has 0 fully saturated rings. The Bertz CT molecular complexity index is 960. The van der Waals surface area contributed by atoms with Crippen molar-refractivity contribution in [2.24, 2.45) is 5.92 Å². The van der Waals surface area contributed by atoms with Crippen LogP contribution in [0.15, 0.2) is 48.5 Å². The summed E-state index contributed by atoms with van der Waals surface area (Å²) in [5, 5.41) is 15.2. The fourth-order valence-corrected chi connectivity index (χ4v) is 2.71. The van der Waals surface area contributed by atoms with E-state index in [4.69, 9.17) is 0 Å². The van der Waals surface area contributed by atoms with Gasteiger partial charge in [-0.2, -0.15) is 4.98 Å². The average molecular weight is 402 g/mol. The lowest BCUT2D eigenvalue weighted by atomic mass is 10.1. The summed E-state index contributed by atoms with van der Waals surface area (Å²) in [6.07, 6.45) is 0. The molecule has 0 amide bonds. The molecule has 0 saturated carbocycles. The van der Waals surface area contributed by atoms with E-state index in [0.717, 1.165) is 5.56 Å². The molecule has 152 valence electrons. The topological polar surface area (TPSA) is 70.1 Å². The summed E-state index contributed by atoms with van der Waals surface area (Å²) in [6, 6.07) is 11.6. The summed E-state index contributed by atoms with van der Waals surface area (Å²) in [5.74, 6) is -2.77. The lowest BCUT2D eigenvalue weighted by molar-refractivity contribution is 0.248. The molecule has 2 aromatic carbocycles. The Labute approximate surface area is 166 Å². The Hall–Kier alpha value is -3.13. The van der Waals surface area contributed by atoms with Crippen LogP contribution in [-0.2, 0) is 0 Å². The van der Waals surface area contributed by atoms with Gasteiger partial charge in [0, 0.05) is 23.8 Å². The molecule has 0 bridgehead atoms. The zero-order valence-corrected chi connectivity index (χ0v) is 16.0. The summed E-state index contributed by atoms with van der Waals surface area (Å²) in [5.41, 5.74) is 0.762. The number of nitrogens with one attached hydrogen (secondary N) is 2. The molecule has 1 atom stereocenters. The number of hydrogen-bond acceptors (Lipinski definition) is 5. The van der Waals surface area contributed by atoms with Crippen molar-refractivity contribution in [3.8, 4) is 11.3 Å². The first-order valence-electron chi connectivity index (χ1n) is 9.11. The second-order valence-corrected chi connectivity index (χ2v) is 6.87. The number of anilines is 3. The molecule has 1 heterocycles. The molecule has 0 aliphatic carbocycles. The maximum Gasteiger partial charge on any atom is 0.225 e. The van der Waals surface area contributed by atoms with Crippen molar-refractivity contribution >= 4 is 17.5 Å². The lowest BCUT2D eigenvalue weighted by Gasteiger charge is -2.21. The number of halogens is 3. The molecule has 29 heavy (non-hydrogen) atoms. The number of aliphatic hydroxyl groups excluding tert-OH is 1. The second kappa shape index (κ2) is 8.91. The first kappa shape index (κ1) is 20.6. The van der Waals surface area contributed by atoms with E-state index in [1.165, 1.54) is 6.07 Å². The Balaban J connectivity index is 2.03. The summed E-state index contributed by atoms with van der Waals surface area (Å²) < 4.78 is 41.3. The minimum Gasteiger partial charge on any atom is -0.394 e. The van der Waals surface area contributed by atoms with E-state index in [1.807, 2.05) is 44.2 Å². The minimum absolute atomic E-state index is 0.0902. The molecule has 0 saturated heterocycles. The van der Waals surface area contributed by atoms with E-state index in [9.17, 15) is 18.3 Å².